The average Bonchev–Trinajstić information content (AvgIpc) is 3.09. The number of carbonyl (C=O) groups excluding carboxylic acids is 2. The first-order chi connectivity index (χ1) is 23.4. The molecule has 5 rings (SSSR count). The number of pyridine rings is 1. The number of amides is 2. The number of alkyl halides is 1. The van der Waals surface area contributed by atoms with E-state index < -0.39 is 24.6 Å². The number of ether oxygens (including phenoxy) is 4. The van der Waals surface area contributed by atoms with E-state index in [4.69, 9.17) is 18.9 Å². The maximum atomic E-state index is 14.3. The quantitative estimate of drug-likeness (QED) is 0.174. The largest absolute Gasteiger partial charge is 0.497 e. The highest BCUT2D eigenvalue weighted by Crippen LogP contribution is 2.31. The van der Waals surface area contributed by atoms with Crippen LogP contribution in [0.25, 0.3) is 0 Å². The molecule has 0 spiro atoms. The van der Waals surface area contributed by atoms with Crippen LogP contribution in [0.2, 0.25) is 0 Å². The fourth-order valence-corrected chi connectivity index (χ4v) is 4.89. The fourth-order valence-electron chi connectivity index (χ4n) is 4.89. The minimum absolute atomic E-state index is 0.0245. The maximum absolute atomic E-state index is 14.3. The summed E-state index contributed by atoms with van der Waals surface area (Å²) in [6, 6.07) is 23.2. The number of aromatic nitrogens is 1. The number of nitrogens with zero attached hydrogens (tertiary/aromatic N) is 3. The summed E-state index contributed by atoms with van der Waals surface area (Å²) in [7, 11) is 1.52. The minimum Gasteiger partial charge on any atom is -0.497 e. The number of hydrazine groups is 1. The minimum atomic E-state index is -1.01. The van der Waals surface area contributed by atoms with Gasteiger partial charge in [0.15, 0.2) is 11.6 Å². The SMILES string of the molecule is COc1ccc(OCCF)c(CN(C(C)=O)C2=CC=CN(NC(=O)Cc3cccnc3Oc3ccccc3F)C2Oc2ccccc2)c1. The summed E-state index contributed by atoms with van der Waals surface area (Å²) in [5, 5.41) is 1.44. The van der Waals surface area contributed by atoms with Crippen LogP contribution in [0.15, 0.2) is 115 Å². The van der Waals surface area contributed by atoms with Gasteiger partial charge in [0.05, 0.1) is 25.8 Å². The van der Waals surface area contributed by atoms with Gasteiger partial charge in [-0.15, -0.1) is 0 Å². The Bertz CT molecular complexity index is 1790. The highest BCUT2D eigenvalue weighted by Gasteiger charge is 2.32. The summed E-state index contributed by atoms with van der Waals surface area (Å²) >= 11 is 0. The predicted octanol–water partition coefficient (Wildman–Crippen LogP) is 6.11. The van der Waals surface area contributed by atoms with Crippen LogP contribution in [0.1, 0.15) is 18.1 Å². The molecular weight excluding hydrogens is 622 g/mol. The first-order valence-electron chi connectivity index (χ1n) is 15.0. The Morgan fingerprint density at radius 2 is 1.75 bits per heavy atom. The Kier molecular flexibility index (Phi) is 11.2. The van der Waals surface area contributed by atoms with Gasteiger partial charge in [-0.05, 0) is 60.7 Å². The van der Waals surface area contributed by atoms with Gasteiger partial charge >= 0.3 is 0 Å². The number of benzene rings is 3. The topological polar surface area (TPSA) is 102 Å². The van der Waals surface area contributed by atoms with Gasteiger partial charge in [-0.2, -0.15) is 0 Å². The van der Waals surface area contributed by atoms with Crippen molar-refractivity contribution in [2.75, 3.05) is 20.4 Å². The van der Waals surface area contributed by atoms with Crippen LogP contribution in [-0.2, 0) is 22.6 Å². The monoisotopic (exact) mass is 656 g/mol. The molecule has 1 atom stereocenters. The molecule has 1 unspecified atom stereocenters. The van der Waals surface area contributed by atoms with E-state index in [9.17, 15) is 18.4 Å². The van der Waals surface area contributed by atoms with E-state index in [0.29, 0.717) is 34.1 Å². The number of carbonyl (C=O) groups is 2. The van der Waals surface area contributed by atoms with Gasteiger partial charge in [-0.25, -0.2) is 18.8 Å². The Balaban J connectivity index is 1.41. The number of nitrogens with one attached hydrogen (secondary N) is 1. The molecule has 48 heavy (non-hydrogen) atoms. The Morgan fingerprint density at radius 1 is 0.958 bits per heavy atom. The Labute approximate surface area is 276 Å². The van der Waals surface area contributed by atoms with E-state index in [1.807, 2.05) is 6.07 Å². The van der Waals surface area contributed by atoms with E-state index in [1.54, 1.807) is 85.1 Å². The van der Waals surface area contributed by atoms with E-state index >= 15 is 0 Å². The van der Waals surface area contributed by atoms with Gasteiger partial charge in [0.2, 0.25) is 23.9 Å². The van der Waals surface area contributed by atoms with Gasteiger partial charge in [0.1, 0.15) is 30.5 Å². The molecule has 1 aromatic heterocycles. The number of hydrogen-bond donors (Lipinski definition) is 1. The normalized spacial score (nSPS) is 13.7. The lowest BCUT2D eigenvalue weighted by molar-refractivity contribution is -0.130. The lowest BCUT2D eigenvalue weighted by Gasteiger charge is -2.38. The Morgan fingerprint density at radius 3 is 2.50 bits per heavy atom. The van der Waals surface area contributed by atoms with Crippen LogP contribution >= 0.6 is 0 Å². The number of hydrogen-bond acceptors (Lipinski definition) is 8. The average molecular weight is 657 g/mol. The van der Waals surface area contributed by atoms with Crippen LogP contribution < -0.4 is 24.4 Å². The van der Waals surface area contributed by atoms with Crippen LogP contribution in [0.4, 0.5) is 8.78 Å². The number of halogens is 2. The summed E-state index contributed by atoms with van der Waals surface area (Å²) < 4.78 is 50.4. The van der Waals surface area contributed by atoms with Crippen molar-refractivity contribution in [1.82, 2.24) is 20.3 Å². The molecule has 1 aliphatic rings. The smallest absolute Gasteiger partial charge is 0.243 e. The molecule has 0 radical (unpaired) electrons. The fraction of sp³-hybridized carbons (Fsp3) is 0.194. The molecule has 3 aromatic carbocycles. The van der Waals surface area contributed by atoms with Crippen molar-refractivity contribution in [2.45, 2.75) is 26.1 Å². The second-order valence-electron chi connectivity index (χ2n) is 10.5. The van der Waals surface area contributed by atoms with E-state index in [-0.39, 0.29) is 37.1 Å². The van der Waals surface area contributed by atoms with Crippen LogP contribution in [-0.4, -0.2) is 53.3 Å². The number of rotatable bonds is 14. The maximum Gasteiger partial charge on any atom is 0.243 e. The molecule has 0 fully saturated rings. The number of para-hydroxylation sites is 2. The molecule has 2 amide bonds. The van der Waals surface area contributed by atoms with Gasteiger partial charge in [-0.1, -0.05) is 36.4 Å². The molecule has 2 heterocycles. The predicted molar refractivity (Wildman–Crippen MR) is 173 cm³/mol. The van der Waals surface area contributed by atoms with E-state index in [2.05, 4.69) is 10.4 Å². The van der Waals surface area contributed by atoms with E-state index in [1.165, 1.54) is 42.3 Å². The Hall–Kier alpha value is -5.91. The lowest BCUT2D eigenvalue weighted by Crippen LogP contribution is -2.53. The molecule has 0 saturated carbocycles. The number of allylic oxidation sites excluding steroid dienone is 2. The molecule has 4 aromatic rings. The van der Waals surface area contributed by atoms with Crippen molar-refractivity contribution in [2.24, 2.45) is 0 Å². The molecule has 10 nitrogen and oxygen atoms in total. The zero-order valence-corrected chi connectivity index (χ0v) is 26.3. The van der Waals surface area contributed by atoms with Crippen LogP contribution in [0.5, 0.6) is 28.9 Å². The third-order valence-electron chi connectivity index (χ3n) is 7.13. The van der Waals surface area contributed by atoms with Crippen LogP contribution in [0.3, 0.4) is 0 Å². The zero-order chi connectivity index (χ0) is 33.9. The summed E-state index contributed by atoms with van der Waals surface area (Å²) in [6.07, 6.45) is 5.29. The molecule has 0 aliphatic carbocycles. The van der Waals surface area contributed by atoms with Gasteiger partial charge in [0, 0.05) is 30.4 Å². The highest BCUT2D eigenvalue weighted by atomic mass is 19.1. The van der Waals surface area contributed by atoms with Crippen molar-refractivity contribution in [3.8, 4) is 28.9 Å². The van der Waals surface area contributed by atoms with Gasteiger partial charge in [0.25, 0.3) is 0 Å². The summed E-state index contributed by atoms with van der Waals surface area (Å²) in [6.45, 7) is 0.587. The first-order valence-corrected chi connectivity index (χ1v) is 15.0. The van der Waals surface area contributed by atoms with Gasteiger partial charge < -0.3 is 23.8 Å². The van der Waals surface area contributed by atoms with Crippen LogP contribution in [0, 0.1) is 5.82 Å². The molecule has 12 heteroatoms. The van der Waals surface area contributed by atoms with E-state index in [0.717, 1.165) is 0 Å². The second-order valence-corrected chi connectivity index (χ2v) is 10.5. The standard InChI is InChI=1S/C36H34F2N4O6/c1-25(43)41(24-27-22-29(45-2)16-17-32(27)46-21-18-37)31-14-9-20-42(36(31)47-28-11-4-3-5-12-28)40-34(44)23-26-10-8-19-39-35(26)48-33-15-7-6-13-30(33)38/h3-17,19-20,22,36H,18,21,23-24H2,1-2H3,(H,40,44). The first kappa shape index (κ1) is 33.5. The van der Waals surface area contributed by atoms with Crippen molar-refractivity contribution >= 4 is 11.8 Å². The van der Waals surface area contributed by atoms with Gasteiger partial charge in [-0.3, -0.25) is 15.0 Å². The molecule has 0 bridgehead atoms. The molecule has 1 aliphatic heterocycles. The molecule has 1 N–H and O–H groups in total. The summed E-state index contributed by atoms with van der Waals surface area (Å²) in [5.74, 6) is 0.0977. The van der Waals surface area contributed by atoms with Crippen molar-refractivity contribution in [1.29, 1.82) is 0 Å². The van der Waals surface area contributed by atoms with Crippen molar-refractivity contribution in [3.63, 3.8) is 0 Å². The molecule has 248 valence electrons. The second kappa shape index (κ2) is 16.1. The third kappa shape index (κ3) is 8.46. The highest BCUT2D eigenvalue weighted by molar-refractivity contribution is 5.79. The third-order valence-corrected chi connectivity index (χ3v) is 7.13. The van der Waals surface area contributed by atoms with Crippen molar-refractivity contribution in [3.05, 3.63) is 132 Å². The summed E-state index contributed by atoms with van der Waals surface area (Å²) in [4.78, 5) is 32.4. The zero-order valence-electron chi connectivity index (χ0n) is 26.3. The molecule has 0 saturated heterocycles. The molecular formula is C36H34F2N4O6. The lowest BCUT2D eigenvalue weighted by atomic mass is 10.1. The van der Waals surface area contributed by atoms with Crippen molar-refractivity contribution < 1.29 is 37.3 Å². The number of methoxy groups -OCH3 is 1. The summed E-state index contributed by atoms with van der Waals surface area (Å²) in [5.41, 5.74) is 4.23.